The number of nitrogens with zero attached hydrogens (tertiary/aromatic N) is 1. The van der Waals surface area contributed by atoms with Gasteiger partial charge >= 0.3 is 0 Å². The van der Waals surface area contributed by atoms with Gasteiger partial charge in [-0.25, -0.2) is 8.42 Å². The zero-order valence-electron chi connectivity index (χ0n) is 14.1. The van der Waals surface area contributed by atoms with Crippen LogP contribution in [0, 0.1) is 0 Å². The standard InChI is InChI=1S/C20H19N3O2S/c24-26(25,16-9-2-1-3-10-16)19(23-20-21-13-14-22-20)18-12-6-8-15-7-4-5-11-17(15)18/h1-12,19H,13-14H2,(H2,21,22,23). The van der Waals surface area contributed by atoms with E-state index in [1.54, 1.807) is 24.3 Å². The highest BCUT2D eigenvalue weighted by molar-refractivity contribution is 7.91. The van der Waals surface area contributed by atoms with Gasteiger partial charge in [0.25, 0.3) is 0 Å². The normalized spacial score (nSPS) is 15.3. The lowest BCUT2D eigenvalue weighted by molar-refractivity contribution is 0.576. The molecule has 1 heterocycles. The van der Waals surface area contributed by atoms with Crippen LogP contribution in [0.3, 0.4) is 0 Å². The first-order chi connectivity index (χ1) is 12.7. The van der Waals surface area contributed by atoms with Gasteiger partial charge in [-0.2, -0.15) is 0 Å². The summed E-state index contributed by atoms with van der Waals surface area (Å²) < 4.78 is 26.8. The molecule has 0 saturated heterocycles. The molecule has 3 aromatic carbocycles. The number of guanidine groups is 1. The van der Waals surface area contributed by atoms with E-state index >= 15 is 0 Å². The van der Waals surface area contributed by atoms with Crippen molar-refractivity contribution in [2.75, 3.05) is 13.1 Å². The zero-order valence-corrected chi connectivity index (χ0v) is 14.9. The third-order valence-electron chi connectivity index (χ3n) is 4.43. The quantitative estimate of drug-likeness (QED) is 0.746. The van der Waals surface area contributed by atoms with Crippen LogP contribution in [0.4, 0.5) is 0 Å². The van der Waals surface area contributed by atoms with Crippen LogP contribution in [0.1, 0.15) is 10.9 Å². The van der Waals surface area contributed by atoms with Crippen molar-refractivity contribution in [3.63, 3.8) is 0 Å². The zero-order chi connectivity index (χ0) is 18.0. The van der Waals surface area contributed by atoms with Crippen LogP contribution >= 0.6 is 0 Å². The topological polar surface area (TPSA) is 70.6 Å². The van der Waals surface area contributed by atoms with Gasteiger partial charge in [0.05, 0.1) is 11.4 Å². The van der Waals surface area contributed by atoms with Crippen LogP contribution < -0.4 is 10.6 Å². The fourth-order valence-corrected chi connectivity index (χ4v) is 4.78. The van der Waals surface area contributed by atoms with Crippen molar-refractivity contribution in [3.05, 3.63) is 78.4 Å². The summed E-state index contributed by atoms with van der Waals surface area (Å²) >= 11 is 0. The predicted octanol–water partition coefficient (Wildman–Crippen LogP) is 2.86. The SMILES string of the molecule is O=S(=O)(c1ccccc1)C(NC1=NCCN1)c1cccc2ccccc12. The summed E-state index contributed by atoms with van der Waals surface area (Å²) in [5, 5.41) is 7.20. The second-order valence-corrected chi connectivity index (χ2v) is 8.14. The number of hydrogen-bond acceptors (Lipinski definition) is 5. The molecule has 0 radical (unpaired) electrons. The molecule has 0 aromatic heterocycles. The van der Waals surface area contributed by atoms with E-state index in [2.05, 4.69) is 15.6 Å². The first-order valence-corrected chi connectivity index (χ1v) is 10.0. The molecule has 0 aliphatic carbocycles. The summed E-state index contributed by atoms with van der Waals surface area (Å²) in [4.78, 5) is 4.60. The molecule has 0 fully saturated rings. The summed E-state index contributed by atoms with van der Waals surface area (Å²) in [6.45, 7) is 1.34. The Morgan fingerprint density at radius 3 is 2.42 bits per heavy atom. The number of fused-ring (bicyclic) bond motifs is 1. The highest BCUT2D eigenvalue weighted by atomic mass is 32.2. The molecule has 2 N–H and O–H groups in total. The lowest BCUT2D eigenvalue weighted by atomic mass is 10.0. The number of benzene rings is 3. The minimum Gasteiger partial charge on any atom is -0.355 e. The lowest BCUT2D eigenvalue weighted by Gasteiger charge is -2.22. The Labute approximate surface area is 152 Å². The molecule has 1 aliphatic heterocycles. The molecule has 0 amide bonds. The van der Waals surface area contributed by atoms with Gasteiger partial charge < -0.3 is 10.6 Å². The summed E-state index contributed by atoms with van der Waals surface area (Å²) in [6, 6.07) is 22.0. The van der Waals surface area contributed by atoms with Crippen molar-refractivity contribution < 1.29 is 8.42 Å². The third kappa shape index (κ3) is 3.04. The Bertz CT molecular complexity index is 1060. The third-order valence-corrected chi connectivity index (χ3v) is 6.35. The number of sulfone groups is 1. The summed E-state index contributed by atoms with van der Waals surface area (Å²) in [5.41, 5.74) is 0.711. The van der Waals surface area contributed by atoms with Crippen LogP contribution in [0.15, 0.2) is 82.7 Å². The van der Waals surface area contributed by atoms with Gasteiger partial charge in [-0.1, -0.05) is 60.7 Å². The Balaban J connectivity index is 1.88. The summed E-state index contributed by atoms with van der Waals surface area (Å²) in [6.07, 6.45) is 0. The fourth-order valence-electron chi connectivity index (χ4n) is 3.17. The van der Waals surface area contributed by atoms with Gasteiger partial charge in [-0.05, 0) is 28.5 Å². The van der Waals surface area contributed by atoms with E-state index in [1.165, 1.54) is 0 Å². The van der Waals surface area contributed by atoms with Crippen molar-refractivity contribution in [2.45, 2.75) is 10.3 Å². The number of hydrogen-bond donors (Lipinski definition) is 2. The maximum Gasteiger partial charge on any atom is 0.203 e. The highest BCUT2D eigenvalue weighted by Crippen LogP contribution is 2.31. The molecule has 6 heteroatoms. The van der Waals surface area contributed by atoms with Crippen molar-refractivity contribution in [1.82, 2.24) is 10.6 Å². The van der Waals surface area contributed by atoms with Crippen LogP contribution in [0.5, 0.6) is 0 Å². The van der Waals surface area contributed by atoms with Gasteiger partial charge in [0.15, 0.2) is 11.3 Å². The average molecular weight is 365 g/mol. The largest absolute Gasteiger partial charge is 0.355 e. The molecular weight excluding hydrogens is 346 g/mol. The Morgan fingerprint density at radius 1 is 0.923 bits per heavy atom. The van der Waals surface area contributed by atoms with Crippen LogP contribution in [-0.4, -0.2) is 27.5 Å². The first kappa shape index (κ1) is 16.6. The predicted molar refractivity (Wildman–Crippen MR) is 104 cm³/mol. The maximum absolute atomic E-state index is 13.4. The molecule has 0 spiro atoms. The molecule has 1 aliphatic rings. The van der Waals surface area contributed by atoms with Gasteiger partial charge in [-0.15, -0.1) is 0 Å². The van der Waals surface area contributed by atoms with E-state index in [0.717, 1.165) is 10.8 Å². The van der Waals surface area contributed by atoms with Gasteiger partial charge in [0, 0.05) is 6.54 Å². The molecule has 132 valence electrons. The van der Waals surface area contributed by atoms with Crippen LogP contribution in [0.2, 0.25) is 0 Å². The van der Waals surface area contributed by atoms with Crippen molar-refractivity contribution >= 4 is 26.6 Å². The van der Waals surface area contributed by atoms with Gasteiger partial charge in [-0.3, -0.25) is 4.99 Å². The summed E-state index contributed by atoms with van der Waals surface area (Å²) in [5.74, 6) is 0.516. The second kappa shape index (κ2) is 6.80. The average Bonchev–Trinajstić information content (AvgIpc) is 3.20. The fraction of sp³-hybridized carbons (Fsp3) is 0.150. The Morgan fingerprint density at radius 2 is 1.65 bits per heavy atom. The van der Waals surface area contributed by atoms with Crippen molar-refractivity contribution in [3.8, 4) is 0 Å². The van der Waals surface area contributed by atoms with E-state index in [9.17, 15) is 8.42 Å². The van der Waals surface area contributed by atoms with E-state index < -0.39 is 15.2 Å². The van der Waals surface area contributed by atoms with Crippen molar-refractivity contribution in [1.29, 1.82) is 0 Å². The maximum atomic E-state index is 13.4. The molecule has 5 nitrogen and oxygen atoms in total. The van der Waals surface area contributed by atoms with E-state index in [1.807, 2.05) is 48.5 Å². The van der Waals surface area contributed by atoms with Gasteiger partial charge in [0.1, 0.15) is 0 Å². The minimum atomic E-state index is -3.67. The highest BCUT2D eigenvalue weighted by Gasteiger charge is 2.31. The second-order valence-electron chi connectivity index (χ2n) is 6.11. The number of rotatable bonds is 4. The lowest BCUT2D eigenvalue weighted by Crippen LogP contribution is -2.40. The van der Waals surface area contributed by atoms with E-state index in [4.69, 9.17) is 0 Å². The van der Waals surface area contributed by atoms with E-state index in [0.29, 0.717) is 24.6 Å². The van der Waals surface area contributed by atoms with E-state index in [-0.39, 0.29) is 4.90 Å². The van der Waals surface area contributed by atoms with Crippen LogP contribution in [-0.2, 0) is 9.84 Å². The number of nitrogens with one attached hydrogen (secondary N) is 2. The Kier molecular flexibility index (Phi) is 4.34. The minimum absolute atomic E-state index is 0.282. The molecule has 0 bridgehead atoms. The molecule has 1 unspecified atom stereocenters. The molecular formula is C20H19N3O2S. The molecule has 4 rings (SSSR count). The summed E-state index contributed by atoms with van der Waals surface area (Å²) in [7, 11) is -3.67. The molecule has 1 atom stereocenters. The smallest absolute Gasteiger partial charge is 0.203 e. The van der Waals surface area contributed by atoms with Gasteiger partial charge in [0.2, 0.25) is 9.84 Å². The molecule has 0 saturated carbocycles. The Hall–Kier alpha value is -2.86. The van der Waals surface area contributed by atoms with Crippen LogP contribution in [0.25, 0.3) is 10.8 Å². The number of aliphatic imine (C=N–C) groups is 1. The monoisotopic (exact) mass is 365 g/mol. The first-order valence-electron chi connectivity index (χ1n) is 8.48. The molecule has 26 heavy (non-hydrogen) atoms. The van der Waals surface area contributed by atoms with Crippen molar-refractivity contribution in [2.24, 2.45) is 4.99 Å². The molecule has 3 aromatic rings.